The molecule has 1 aromatic carbocycles. The molecule has 0 aliphatic heterocycles. The minimum absolute atomic E-state index is 0.140. The monoisotopic (exact) mass is 374 g/mol. The molecule has 1 aromatic heterocycles. The van der Waals surface area contributed by atoms with Crippen LogP contribution in [-0.4, -0.2) is 9.97 Å². The maximum Gasteiger partial charge on any atom is 0.418 e. The van der Waals surface area contributed by atoms with Crippen LogP contribution in [0, 0.1) is 0 Å². The van der Waals surface area contributed by atoms with Crippen molar-refractivity contribution < 1.29 is 13.6 Å². The highest BCUT2D eigenvalue weighted by atomic mass is 79.9. The lowest BCUT2D eigenvalue weighted by atomic mass is 10.3. The zero-order chi connectivity index (χ0) is 15.4. The van der Waals surface area contributed by atoms with Crippen molar-refractivity contribution >= 4 is 35.2 Å². The van der Waals surface area contributed by atoms with Gasteiger partial charge in [0, 0.05) is 4.47 Å². The van der Waals surface area contributed by atoms with Crippen LogP contribution < -0.4 is 15.6 Å². The maximum absolute atomic E-state index is 11.7. The normalized spacial score (nSPS) is 12.7. The summed E-state index contributed by atoms with van der Waals surface area (Å²) < 4.78 is 22.4. The number of rotatable bonds is 5. The number of allylic oxidation sites excluding steroid dienone is 1. The van der Waals surface area contributed by atoms with Gasteiger partial charge < -0.3 is 19.0 Å². The van der Waals surface area contributed by atoms with Gasteiger partial charge in [0.05, 0.1) is 11.8 Å². The second-order valence-corrected chi connectivity index (χ2v) is 5.84. The number of fused-ring (bicyclic) bond motifs is 1. The van der Waals surface area contributed by atoms with Crippen LogP contribution in [0.25, 0.3) is 11.0 Å². The van der Waals surface area contributed by atoms with Gasteiger partial charge in [0.1, 0.15) is 5.52 Å². The molecule has 0 fully saturated rings. The molecule has 0 radical (unpaired) electrons. The lowest BCUT2D eigenvalue weighted by Crippen LogP contribution is -2.29. The van der Waals surface area contributed by atoms with Crippen LogP contribution in [0.1, 0.15) is 13.3 Å². The molecule has 1 unspecified atom stereocenters. The highest BCUT2D eigenvalue weighted by Crippen LogP contribution is 2.34. The Labute approximate surface area is 128 Å². The predicted octanol–water partition coefficient (Wildman–Crippen LogP) is 2.69. The van der Waals surface area contributed by atoms with Gasteiger partial charge in [0.25, 0.3) is 0 Å². The Hall–Kier alpha value is -1.79. The number of aromatic nitrogens is 2. The van der Waals surface area contributed by atoms with Crippen molar-refractivity contribution in [3.05, 3.63) is 49.7 Å². The molecular formula is C12H12BrN2O5P. The fraction of sp³-hybridized carbons (Fsp3) is 0.167. The summed E-state index contributed by atoms with van der Waals surface area (Å²) >= 11 is 3.24. The van der Waals surface area contributed by atoms with Crippen molar-refractivity contribution in [1.82, 2.24) is 9.97 Å². The number of aromatic amines is 2. The standard InChI is InChI=1S/C12H12BrN2O5P/c1-2-3-4-19-21(18)20-9-6-7(13)5-8-10(9)15-12(17)11(16)14-8/h3-6,21H,2H2,1H3,(H,14,16)(H,15,17). The molecule has 2 aromatic rings. The van der Waals surface area contributed by atoms with Crippen LogP contribution in [0.2, 0.25) is 0 Å². The average Bonchev–Trinajstić information content (AvgIpc) is 2.41. The third kappa shape index (κ3) is 3.86. The first-order chi connectivity index (χ1) is 10.0. The minimum atomic E-state index is -2.82. The summed E-state index contributed by atoms with van der Waals surface area (Å²) in [5, 5.41) is 0. The number of nitrogens with one attached hydrogen (secondary N) is 2. The van der Waals surface area contributed by atoms with Crippen LogP contribution in [-0.2, 0) is 9.09 Å². The van der Waals surface area contributed by atoms with E-state index in [9.17, 15) is 14.2 Å². The Morgan fingerprint density at radius 1 is 1.29 bits per heavy atom. The minimum Gasteiger partial charge on any atom is -0.426 e. The molecule has 2 N–H and O–H groups in total. The molecule has 0 saturated carbocycles. The summed E-state index contributed by atoms with van der Waals surface area (Å²) in [5.41, 5.74) is -1.01. The van der Waals surface area contributed by atoms with Gasteiger partial charge in [-0.1, -0.05) is 22.9 Å². The number of hydrogen-bond donors (Lipinski definition) is 2. The zero-order valence-corrected chi connectivity index (χ0v) is 13.5. The average molecular weight is 375 g/mol. The molecule has 0 aliphatic rings. The van der Waals surface area contributed by atoms with Gasteiger partial charge in [-0.25, -0.2) is 4.57 Å². The molecule has 7 nitrogen and oxygen atoms in total. The molecule has 0 amide bonds. The smallest absolute Gasteiger partial charge is 0.418 e. The van der Waals surface area contributed by atoms with Gasteiger partial charge in [0.2, 0.25) is 0 Å². The Morgan fingerprint density at radius 2 is 2.00 bits per heavy atom. The summed E-state index contributed by atoms with van der Waals surface area (Å²) in [6, 6.07) is 3.11. The first-order valence-electron chi connectivity index (χ1n) is 6.00. The van der Waals surface area contributed by atoms with E-state index in [0.29, 0.717) is 9.99 Å². The third-order valence-corrected chi connectivity index (χ3v) is 3.62. The number of H-pyrrole nitrogens is 2. The maximum atomic E-state index is 11.7. The van der Waals surface area contributed by atoms with Crippen molar-refractivity contribution in [3.63, 3.8) is 0 Å². The predicted molar refractivity (Wildman–Crippen MR) is 83.0 cm³/mol. The Bertz CT molecular complexity index is 826. The van der Waals surface area contributed by atoms with Gasteiger partial charge in [-0.3, -0.25) is 9.59 Å². The number of hydrogen-bond acceptors (Lipinski definition) is 5. The van der Waals surface area contributed by atoms with Crippen molar-refractivity contribution in [2.24, 2.45) is 0 Å². The molecule has 0 bridgehead atoms. The van der Waals surface area contributed by atoms with Crippen molar-refractivity contribution in [1.29, 1.82) is 0 Å². The van der Waals surface area contributed by atoms with Gasteiger partial charge in [0.15, 0.2) is 5.75 Å². The molecule has 0 saturated heterocycles. The van der Waals surface area contributed by atoms with Gasteiger partial charge in [-0.15, -0.1) is 0 Å². The largest absolute Gasteiger partial charge is 0.426 e. The van der Waals surface area contributed by atoms with E-state index in [2.05, 4.69) is 25.9 Å². The van der Waals surface area contributed by atoms with Crippen LogP contribution in [0.5, 0.6) is 5.75 Å². The van der Waals surface area contributed by atoms with Crippen molar-refractivity contribution in [2.45, 2.75) is 13.3 Å². The highest BCUT2D eigenvalue weighted by molar-refractivity contribution is 9.10. The second kappa shape index (κ2) is 6.78. The van der Waals surface area contributed by atoms with E-state index in [1.807, 2.05) is 6.92 Å². The van der Waals surface area contributed by atoms with E-state index >= 15 is 0 Å². The van der Waals surface area contributed by atoms with Crippen molar-refractivity contribution in [3.8, 4) is 5.75 Å². The summed E-state index contributed by atoms with van der Waals surface area (Å²) in [6.45, 7) is 1.90. The Kier molecular flexibility index (Phi) is 5.03. The number of benzene rings is 1. The van der Waals surface area contributed by atoms with Crippen LogP contribution in [0.3, 0.4) is 0 Å². The van der Waals surface area contributed by atoms with Crippen LogP contribution >= 0.6 is 24.2 Å². The third-order valence-electron chi connectivity index (χ3n) is 2.45. The Balaban J connectivity index is 2.41. The first-order valence-corrected chi connectivity index (χ1v) is 8.02. The lowest BCUT2D eigenvalue weighted by Gasteiger charge is -2.08. The van der Waals surface area contributed by atoms with E-state index < -0.39 is 19.4 Å². The van der Waals surface area contributed by atoms with Crippen LogP contribution in [0.15, 0.2) is 38.5 Å². The number of halogens is 1. The summed E-state index contributed by atoms with van der Waals surface area (Å²) in [4.78, 5) is 27.5. The molecule has 112 valence electrons. The molecule has 21 heavy (non-hydrogen) atoms. The zero-order valence-electron chi connectivity index (χ0n) is 10.9. The fourth-order valence-electron chi connectivity index (χ4n) is 1.55. The van der Waals surface area contributed by atoms with E-state index in [1.54, 1.807) is 12.1 Å². The molecule has 1 atom stereocenters. The molecule has 0 aliphatic carbocycles. The molecule has 0 spiro atoms. The second-order valence-electron chi connectivity index (χ2n) is 3.98. The summed E-state index contributed by atoms with van der Waals surface area (Å²) in [7, 11) is -2.82. The quantitative estimate of drug-likeness (QED) is 0.475. The van der Waals surface area contributed by atoms with E-state index in [1.165, 1.54) is 12.3 Å². The van der Waals surface area contributed by atoms with E-state index in [-0.39, 0.29) is 11.3 Å². The van der Waals surface area contributed by atoms with Gasteiger partial charge in [-0.05, 0) is 24.6 Å². The van der Waals surface area contributed by atoms with Crippen molar-refractivity contribution in [2.75, 3.05) is 0 Å². The Morgan fingerprint density at radius 3 is 2.71 bits per heavy atom. The topological polar surface area (TPSA) is 101 Å². The SMILES string of the molecule is CCC=CO[PH](=O)Oc1cc(Br)cc2[nH]c(=O)c(=O)[nH]c12. The first kappa shape index (κ1) is 15.6. The highest BCUT2D eigenvalue weighted by Gasteiger charge is 2.10. The molecular weight excluding hydrogens is 363 g/mol. The van der Waals surface area contributed by atoms with Crippen LogP contribution in [0.4, 0.5) is 0 Å². The molecule has 1 heterocycles. The lowest BCUT2D eigenvalue weighted by molar-refractivity contribution is 0.383. The van der Waals surface area contributed by atoms with E-state index in [4.69, 9.17) is 9.05 Å². The van der Waals surface area contributed by atoms with Gasteiger partial charge >= 0.3 is 19.4 Å². The molecule has 2 rings (SSSR count). The summed E-state index contributed by atoms with van der Waals surface area (Å²) in [6.07, 6.45) is 3.72. The summed E-state index contributed by atoms with van der Waals surface area (Å²) in [5.74, 6) is 0.140. The fourth-order valence-corrected chi connectivity index (χ4v) is 2.59. The molecule has 9 heteroatoms. The van der Waals surface area contributed by atoms with E-state index in [0.717, 1.165) is 6.42 Å². The van der Waals surface area contributed by atoms with Gasteiger partial charge in [-0.2, -0.15) is 0 Å².